The maximum absolute atomic E-state index is 12.3. The Bertz CT molecular complexity index is 580. The van der Waals surface area contributed by atoms with Gasteiger partial charge in [-0.15, -0.1) is 0 Å². The van der Waals surface area contributed by atoms with Crippen molar-refractivity contribution in [3.05, 3.63) is 0 Å². The highest BCUT2D eigenvalue weighted by atomic mass is 16.6. The molecule has 2 saturated heterocycles. The zero-order chi connectivity index (χ0) is 21.4. The van der Waals surface area contributed by atoms with Gasteiger partial charge in [0, 0.05) is 39.8 Å². The van der Waals surface area contributed by atoms with Gasteiger partial charge < -0.3 is 24.6 Å². The highest BCUT2D eigenvalue weighted by molar-refractivity contribution is 5.80. The standard InChI is InChI=1S/C21H38N4O4/c1-6-28-18(26)17-9-12-24(13-10-17)19(22-5)23-14-16-8-7-11-25(15-16)20(27)29-21(2,3)4/h16-17H,6-15H2,1-5H3,(H,22,23). The van der Waals surface area contributed by atoms with Gasteiger partial charge in [-0.3, -0.25) is 9.79 Å². The second-order valence-electron chi connectivity index (χ2n) is 8.88. The van der Waals surface area contributed by atoms with Crippen molar-refractivity contribution in [2.75, 3.05) is 46.4 Å². The molecule has 2 heterocycles. The van der Waals surface area contributed by atoms with Gasteiger partial charge in [0.1, 0.15) is 5.60 Å². The Morgan fingerprint density at radius 2 is 1.79 bits per heavy atom. The van der Waals surface area contributed by atoms with E-state index in [0.29, 0.717) is 19.1 Å². The lowest BCUT2D eigenvalue weighted by Crippen LogP contribution is -2.50. The number of amides is 1. The number of guanidine groups is 1. The molecule has 29 heavy (non-hydrogen) atoms. The highest BCUT2D eigenvalue weighted by Gasteiger charge is 2.29. The van der Waals surface area contributed by atoms with E-state index in [-0.39, 0.29) is 18.0 Å². The summed E-state index contributed by atoms with van der Waals surface area (Å²) in [5.41, 5.74) is -0.472. The summed E-state index contributed by atoms with van der Waals surface area (Å²) in [6, 6.07) is 0. The third-order valence-corrected chi connectivity index (χ3v) is 5.35. The maximum atomic E-state index is 12.3. The van der Waals surface area contributed by atoms with Gasteiger partial charge in [0.25, 0.3) is 0 Å². The molecular weight excluding hydrogens is 372 g/mol. The predicted molar refractivity (Wildman–Crippen MR) is 113 cm³/mol. The van der Waals surface area contributed by atoms with Crippen LogP contribution in [0.2, 0.25) is 0 Å². The number of carbonyl (C=O) groups excluding carboxylic acids is 2. The van der Waals surface area contributed by atoms with Crippen molar-refractivity contribution in [1.29, 1.82) is 0 Å². The fraction of sp³-hybridized carbons (Fsp3) is 0.857. The molecular formula is C21H38N4O4. The number of esters is 1. The fourth-order valence-corrected chi connectivity index (χ4v) is 3.88. The van der Waals surface area contributed by atoms with Gasteiger partial charge in [0.05, 0.1) is 12.5 Å². The first-order valence-corrected chi connectivity index (χ1v) is 10.8. The van der Waals surface area contributed by atoms with Gasteiger partial charge in [0.2, 0.25) is 0 Å². The van der Waals surface area contributed by atoms with Gasteiger partial charge in [-0.1, -0.05) is 0 Å². The number of hydrogen-bond donors (Lipinski definition) is 1. The minimum Gasteiger partial charge on any atom is -0.466 e. The van der Waals surface area contributed by atoms with Crippen molar-refractivity contribution >= 4 is 18.0 Å². The Kier molecular flexibility index (Phi) is 8.59. The monoisotopic (exact) mass is 410 g/mol. The first-order chi connectivity index (χ1) is 13.7. The van der Waals surface area contributed by atoms with Crippen LogP contribution in [-0.2, 0) is 14.3 Å². The van der Waals surface area contributed by atoms with E-state index in [0.717, 1.165) is 57.8 Å². The number of carbonyl (C=O) groups is 2. The molecule has 0 saturated carbocycles. The van der Waals surface area contributed by atoms with Crippen molar-refractivity contribution in [1.82, 2.24) is 15.1 Å². The van der Waals surface area contributed by atoms with Crippen LogP contribution in [0.3, 0.4) is 0 Å². The van der Waals surface area contributed by atoms with E-state index in [1.165, 1.54) is 0 Å². The van der Waals surface area contributed by atoms with Crippen molar-refractivity contribution in [2.24, 2.45) is 16.8 Å². The summed E-state index contributed by atoms with van der Waals surface area (Å²) in [5, 5.41) is 3.47. The third-order valence-electron chi connectivity index (χ3n) is 5.35. The maximum Gasteiger partial charge on any atom is 0.410 e. The predicted octanol–water partition coefficient (Wildman–Crippen LogP) is 2.48. The molecule has 0 aromatic heterocycles. The van der Waals surface area contributed by atoms with E-state index in [9.17, 15) is 9.59 Å². The summed E-state index contributed by atoms with van der Waals surface area (Å²) in [5.74, 6) is 1.14. The van der Waals surface area contributed by atoms with Gasteiger partial charge in [-0.25, -0.2) is 4.79 Å². The lowest BCUT2D eigenvalue weighted by Gasteiger charge is -2.36. The zero-order valence-electron chi connectivity index (χ0n) is 18.7. The summed E-state index contributed by atoms with van der Waals surface area (Å²) in [7, 11) is 1.79. The number of aliphatic imine (C=N–C) groups is 1. The lowest BCUT2D eigenvalue weighted by atomic mass is 9.97. The number of nitrogens with zero attached hydrogens (tertiary/aromatic N) is 3. The average molecular weight is 411 g/mol. The summed E-state index contributed by atoms with van der Waals surface area (Å²) < 4.78 is 10.7. The van der Waals surface area contributed by atoms with E-state index in [1.54, 1.807) is 7.05 Å². The molecule has 2 fully saturated rings. The molecule has 8 nitrogen and oxygen atoms in total. The van der Waals surface area contributed by atoms with Crippen LogP contribution < -0.4 is 5.32 Å². The number of ether oxygens (including phenoxy) is 2. The van der Waals surface area contributed by atoms with Crippen molar-refractivity contribution in [3.8, 4) is 0 Å². The third kappa shape index (κ3) is 7.40. The van der Waals surface area contributed by atoms with Crippen LogP contribution in [0.25, 0.3) is 0 Å². The lowest BCUT2D eigenvalue weighted by molar-refractivity contribution is -0.149. The number of nitrogens with one attached hydrogen (secondary N) is 1. The van der Waals surface area contributed by atoms with Gasteiger partial charge in [0.15, 0.2) is 5.96 Å². The van der Waals surface area contributed by atoms with Gasteiger partial charge in [-0.05, 0) is 59.3 Å². The summed E-state index contributed by atoms with van der Waals surface area (Å²) >= 11 is 0. The minimum absolute atomic E-state index is 0.00922. The van der Waals surface area contributed by atoms with Crippen LogP contribution in [0.5, 0.6) is 0 Å². The summed E-state index contributed by atoms with van der Waals surface area (Å²) in [6.07, 6.45) is 3.40. The molecule has 2 aliphatic rings. The normalized spacial score (nSPS) is 21.7. The van der Waals surface area contributed by atoms with Crippen molar-refractivity contribution in [3.63, 3.8) is 0 Å². The Morgan fingerprint density at radius 3 is 2.38 bits per heavy atom. The SMILES string of the molecule is CCOC(=O)C1CCN(C(=NC)NCC2CCCN(C(=O)OC(C)(C)C)C2)CC1. The van der Waals surface area contributed by atoms with E-state index in [4.69, 9.17) is 9.47 Å². The number of likely N-dealkylation sites (tertiary alicyclic amines) is 2. The Morgan fingerprint density at radius 1 is 1.10 bits per heavy atom. The molecule has 0 aliphatic carbocycles. The minimum atomic E-state index is -0.472. The number of rotatable bonds is 4. The molecule has 0 bridgehead atoms. The van der Waals surface area contributed by atoms with Gasteiger partial charge >= 0.3 is 12.1 Å². The molecule has 8 heteroatoms. The average Bonchev–Trinajstić information content (AvgIpc) is 2.68. The molecule has 1 N–H and O–H groups in total. The van der Waals surface area contributed by atoms with Crippen LogP contribution in [0.4, 0.5) is 4.79 Å². The quantitative estimate of drug-likeness (QED) is 0.436. The van der Waals surface area contributed by atoms with Crippen LogP contribution in [0, 0.1) is 11.8 Å². The molecule has 0 spiro atoms. The van der Waals surface area contributed by atoms with E-state index in [1.807, 2.05) is 32.6 Å². The molecule has 2 aliphatic heterocycles. The molecule has 1 unspecified atom stereocenters. The zero-order valence-corrected chi connectivity index (χ0v) is 18.7. The molecule has 2 rings (SSSR count). The Balaban J connectivity index is 1.79. The Hall–Kier alpha value is -1.99. The van der Waals surface area contributed by atoms with Gasteiger partial charge in [-0.2, -0.15) is 0 Å². The first kappa shape index (κ1) is 23.3. The molecule has 1 atom stereocenters. The number of piperidine rings is 2. The van der Waals surface area contributed by atoms with E-state index < -0.39 is 5.60 Å². The fourth-order valence-electron chi connectivity index (χ4n) is 3.88. The van der Waals surface area contributed by atoms with Crippen molar-refractivity contribution in [2.45, 2.75) is 59.0 Å². The van der Waals surface area contributed by atoms with Crippen LogP contribution in [0.15, 0.2) is 4.99 Å². The molecule has 0 aromatic carbocycles. The molecule has 0 radical (unpaired) electrons. The molecule has 1 amide bonds. The van der Waals surface area contributed by atoms with Crippen molar-refractivity contribution < 1.29 is 19.1 Å². The largest absolute Gasteiger partial charge is 0.466 e. The van der Waals surface area contributed by atoms with E-state index >= 15 is 0 Å². The second-order valence-corrected chi connectivity index (χ2v) is 8.88. The topological polar surface area (TPSA) is 83.5 Å². The Labute approximate surface area is 175 Å². The molecule has 0 aromatic rings. The smallest absolute Gasteiger partial charge is 0.410 e. The second kappa shape index (κ2) is 10.7. The summed E-state index contributed by atoms with van der Waals surface area (Å²) in [4.78, 5) is 32.7. The highest BCUT2D eigenvalue weighted by Crippen LogP contribution is 2.21. The first-order valence-electron chi connectivity index (χ1n) is 10.8. The van der Waals surface area contributed by atoms with Crippen LogP contribution in [0.1, 0.15) is 53.4 Å². The van der Waals surface area contributed by atoms with Crippen LogP contribution in [-0.4, -0.2) is 79.8 Å². The summed E-state index contributed by atoms with van der Waals surface area (Å²) in [6.45, 7) is 11.7. The van der Waals surface area contributed by atoms with Crippen LogP contribution >= 0.6 is 0 Å². The molecule has 166 valence electrons. The van der Waals surface area contributed by atoms with E-state index in [2.05, 4.69) is 15.2 Å². The number of hydrogen-bond acceptors (Lipinski definition) is 5.